The van der Waals surface area contributed by atoms with E-state index in [-0.39, 0.29) is 11.9 Å². The minimum absolute atomic E-state index is 0.0614. The van der Waals surface area contributed by atoms with Gasteiger partial charge in [-0.15, -0.1) is 0 Å². The molecule has 1 aromatic carbocycles. The maximum absolute atomic E-state index is 12.3. The fraction of sp³-hybridized carbons (Fsp3) is 0.389. The molecule has 1 saturated heterocycles. The zero-order valence-corrected chi connectivity index (χ0v) is 16.3. The Morgan fingerprint density at radius 2 is 2.08 bits per heavy atom. The van der Waals surface area contributed by atoms with Crippen molar-refractivity contribution in [3.05, 3.63) is 40.7 Å². The minimum atomic E-state index is -0.0614. The lowest BCUT2D eigenvalue weighted by Crippen LogP contribution is -2.45. The van der Waals surface area contributed by atoms with Gasteiger partial charge in [0.25, 0.3) is 5.91 Å². The summed E-state index contributed by atoms with van der Waals surface area (Å²) in [5, 5.41) is 8.95. The average molecular weight is 390 g/mol. The van der Waals surface area contributed by atoms with Crippen LogP contribution in [0.1, 0.15) is 28.9 Å². The number of nitrogens with one attached hydrogen (secondary N) is 1. The fourth-order valence-corrected chi connectivity index (χ4v) is 4.52. The first-order chi connectivity index (χ1) is 12.5. The molecule has 6 nitrogen and oxygen atoms in total. The van der Waals surface area contributed by atoms with Gasteiger partial charge in [-0.1, -0.05) is 22.9 Å². The minimum Gasteiger partial charge on any atom is -0.348 e. The standard InChI is InChI=1S/C18H20ClN5OS/c1-11-13(19)3-4-15-16(11)22-18(26-15)24-9-6-12(7-10-24)21-17(25)14-5-8-20-23(14)2/h3-5,8,12H,6-7,9-10H2,1-2H3,(H,21,25). The summed E-state index contributed by atoms with van der Waals surface area (Å²) in [6, 6.07) is 5.88. The van der Waals surface area contributed by atoms with Gasteiger partial charge >= 0.3 is 0 Å². The number of fused-ring (bicyclic) bond motifs is 1. The third kappa shape index (κ3) is 3.17. The van der Waals surface area contributed by atoms with Gasteiger partial charge in [0.15, 0.2) is 5.13 Å². The number of thiazole rings is 1. The molecule has 0 aliphatic carbocycles. The summed E-state index contributed by atoms with van der Waals surface area (Å²) in [4.78, 5) is 19.4. The first kappa shape index (κ1) is 17.3. The Labute approximate surface area is 160 Å². The molecule has 8 heteroatoms. The summed E-state index contributed by atoms with van der Waals surface area (Å²) in [5.41, 5.74) is 2.61. The van der Waals surface area contributed by atoms with Crippen LogP contribution in [0.4, 0.5) is 5.13 Å². The van der Waals surface area contributed by atoms with E-state index in [9.17, 15) is 4.79 Å². The molecule has 4 rings (SSSR count). The lowest BCUT2D eigenvalue weighted by Gasteiger charge is -2.32. The molecule has 3 aromatic rings. The van der Waals surface area contributed by atoms with Crippen molar-refractivity contribution in [1.29, 1.82) is 0 Å². The molecule has 1 fully saturated rings. The van der Waals surface area contributed by atoms with Gasteiger partial charge in [-0.25, -0.2) is 4.98 Å². The molecule has 0 spiro atoms. The Bertz CT molecular complexity index is 958. The number of piperidine rings is 1. The predicted octanol–water partition coefficient (Wildman–Crippen LogP) is 3.39. The number of benzene rings is 1. The number of aromatic nitrogens is 3. The van der Waals surface area contributed by atoms with Gasteiger partial charge in [0.2, 0.25) is 0 Å². The van der Waals surface area contributed by atoms with E-state index in [2.05, 4.69) is 15.3 Å². The highest BCUT2D eigenvalue weighted by Crippen LogP contribution is 2.34. The molecular formula is C18H20ClN5OS. The number of aryl methyl sites for hydroxylation is 2. The zero-order chi connectivity index (χ0) is 18.3. The van der Waals surface area contributed by atoms with Crippen LogP contribution in [0, 0.1) is 6.92 Å². The van der Waals surface area contributed by atoms with Gasteiger partial charge in [-0.3, -0.25) is 9.48 Å². The van der Waals surface area contributed by atoms with E-state index >= 15 is 0 Å². The van der Waals surface area contributed by atoms with Crippen molar-refractivity contribution in [2.75, 3.05) is 18.0 Å². The van der Waals surface area contributed by atoms with Crippen LogP contribution < -0.4 is 10.2 Å². The molecular weight excluding hydrogens is 370 g/mol. The van der Waals surface area contributed by atoms with E-state index in [4.69, 9.17) is 16.6 Å². The number of halogens is 1. The Hall–Kier alpha value is -2.12. The molecule has 1 aliphatic rings. The molecule has 26 heavy (non-hydrogen) atoms. The van der Waals surface area contributed by atoms with Crippen LogP contribution in [0.15, 0.2) is 24.4 Å². The van der Waals surface area contributed by atoms with Gasteiger partial charge in [-0.05, 0) is 43.5 Å². The number of anilines is 1. The van der Waals surface area contributed by atoms with Crippen molar-refractivity contribution in [3.8, 4) is 0 Å². The summed E-state index contributed by atoms with van der Waals surface area (Å²) in [6.45, 7) is 3.76. The Morgan fingerprint density at radius 3 is 2.77 bits per heavy atom. The Kier molecular flexibility index (Phi) is 4.58. The molecule has 0 unspecified atom stereocenters. The van der Waals surface area contributed by atoms with Crippen LogP contribution >= 0.6 is 22.9 Å². The quantitative estimate of drug-likeness (QED) is 0.745. The molecule has 1 N–H and O–H groups in total. The molecule has 1 amide bonds. The van der Waals surface area contributed by atoms with Gasteiger partial charge in [0.05, 0.1) is 10.2 Å². The number of hydrogen-bond acceptors (Lipinski definition) is 5. The Morgan fingerprint density at radius 1 is 1.31 bits per heavy atom. The highest BCUT2D eigenvalue weighted by atomic mass is 35.5. The monoisotopic (exact) mass is 389 g/mol. The summed E-state index contributed by atoms with van der Waals surface area (Å²) >= 11 is 7.91. The third-order valence-corrected chi connectivity index (χ3v) is 6.38. The molecule has 1 aliphatic heterocycles. The normalized spacial score (nSPS) is 15.6. The van der Waals surface area contributed by atoms with Crippen molar-refractivity contribution in [2.24, 2.45) is 7.05 Å². The van der Waals surface area contributed by atoms with E-state index < -0.39 is 0 Å². The van der Waals surface area contributed by atoms with E-state index in [0.717, 1.165) is 51.9 Å². The third-order valence-electron chi connectivity index (χ3n) is 4.89. The van der Waals surface area contributed by atoms with Gasteiger partial charge in [0, 0.05) is 37.4 Å². The van der Waals surface area contributed by atoms with Crippen LogP contribution in [0.2, 0.25) is 5.02 Å². The van der Waals surface area contributed by atoms with E-state index in [1.807, 2.05) is 19.1 Å². The fourth-order valence-electron chi connectivity index (χ4n) is 3.30. The van der Waals surface area contributed by atoms with Crippen LogP contribution in [0.5, 0.6) is 0 Å². The largest absolute Gasteiger partial charge is 0.348 e. The number of carbonyl (C=O) groups excluding carboxylic acids is 1. The first-order valence-corrected chi connectivity index (χ1v) is 9.82. The lowest BCUT2D eigenvalue weighted by molar-refractivity contribution is 0.0921. The molecule has 0 atom stereocenters. The Balaban J connectivity index is 1.41. The molecule has 0 radical (unpaired) electrons. The second-order valence-corrected chi connectivity index (χ2v) is 8.01. The summed E-state index contributed by atoms with van der Waals surface area (Å²) in [5.74, 6) is -0.0614. The van der Waals surface area contributed by atoms with Crippen LogP contribution in [0.3, 0.4) is 0 Å². The molecule has 0 bridgehead atoms. The zero-order valence-electron chi connectivity index (χ0n) is 14.7. The van der Waals surface area contributed by atoms with Crippen LogP contribution in [0.25, 0.3) is 10.2 Å². The number of carbonyl (C=O) groups is 1. The molecule has 0 saturated carbocycles. The topological polar surface area (TPSA) is 63.1 Å². The van der Waals surface area contributed by atoms with Crippen molar-refractivity contribution < 1.29 is 4.79 Å². The maximum Gasteiger partial charge on any atom is 0.269 e. The molecule has 3 heterocycles. The van der Waals surface area contributed by atoms with Gasteiger partial charge in [0.1, 0.15) is 5.69 Å². The lowest BCUT2D eigenvalue weighted by atomic mass is 10.1. The SMILES string of the molecule is Cc1c(Cl)ccc2sc(N3CCC(NC(=O)c4ccnn4C)CC3)nc12. The van der Waals surface area contributed by atoms with E-state index in [1.54, 1.807) is 35.3 Å². The second-order valence-electron chi connectivity index (χ2n) is 6.59. The molecule has 136 valence electrons. The molecule has 2 aromatic heterocycles. The number of amides is 1. The van der Waals surface area contributed by atoms with Crippen molar-refractivity contribution in [3.63, 3.8) is 0 Å². The second kappa shape index (κ2) is 6.89. The van der Waals surface area contributed by atoms with Crippen LogP contribution in [-0.4, -0.2) is 39.8 Å². The van der Waals surface area contributed by atoms with Gasteiger partial charge in [-0.2, -0.15) is 5.10 Å². The highest BCUT2D eigenvalue weighted by molar-refractivity contribution is 7.22. The highest BCUT2D eigenvalue weighted by Gasteiger charge is 2.24. The van der Waals surface area contributed by atoms with Crippen LogP contribution in [-0.2, 0) is 7.05 Å². The van der Waals surface area contributed by atoms with Crippen molar-refractivity contribution >= 4 is 44.2 Å². The first-order valence-electron chi connectivity index (χ1n) is 8.62. The summed E-state index contributed by atoms with van der Waals surface area (Å²) in [7, 11) is 1.78. The average Bonchev–Trinajstić information content (AvgIpc) is 3.25. The number of rotatable bonds is 3. The number of hydrogen-bond donors (Lipinski definition) is 1. The van der Waals surface area contributed by atoms with Crippen molar-refractivity contribution in [1.82, 2.24) is 20.1 Å². The smallest absolute Gasteiger partial charge is 0.269 e. The number of nitrogens with zero attached hydrogens (tertiary/aromatic N) is 4. The van der Waals surface area contributed by atoms with E-state index in [1.165, 1.54) is 0 Å². The van der Waals surface area contributed by atoms with E-state index in [0.29, 0.717) is 5.69 Å². The summed E-state index contributed by atoms with van der Waals surface area (Å²) < 4.78 is 2.76. The van der Waals surface area contributed by atoms with Gasteiger partial charge < -0.3 is 10.2 Å². The maximum atomic E-state index is 12.3. The predicted molar refractivity (Wildman–Crippen MR) is 105 cm³/mol. The summed E-state index contributed by atoms with van der Waals surface area (Å²) in [6.07, 6.45) is 3.44. The van der Waals surface area contributed by atoms with Crippen molar-refractivity contribution in [2.45, 2.75) is 25.8 Å².